The summed E-state index contributed by atoms with van der Waals surface area (Å²) in [4.78, 5) is 3.66. The van der Waals surface area contributed by atoms with Gasteiger partial charge in [-0.3, -0.25) is 4.72 Å². The molecule has 1 heterocycles. The second kappa shape index (κ2) is 5.92. The molecule has 104 valence electrons. The standard InChI is InChI=1S/C13H7BrN4O2S/c14-12-5-9(6-15)1-4-13(12)18-21(19,20)11-3-2-10(7-16)17-8-11/h1-5,8,18H. The molecule has 1 aromatic carbocycles. The van der Waals surface area contributed by atoms with Crippen LogP contribution in [0.3, 0.4) is 0 Å². The minimum absolute atomic E-state index is 0.0576. The molecule has 0 saturated heterocycles. The Kier molecular flexibility index (Phi) is 4.22. The molecular formula is C13H7BrN4O2S. The summed E-state index contributed by atoms with van der Waals surface area (Å²) < 4.78 is 27.2. The van der Waals surface area contributed by atoms with Gasteiger partial charge in [0.2, 0.25) is 0 Å². The SMILES string of the molecule is N#Cc1ccc(NS(=O)(=O)c2ccc(C#N)nc2)c(Br)c1. The van der Waals surface area contributed by atoms with Crippen molar-refractivity contribution in [1.82, 2.24) is 4.98 Å². The largest absolute Gasteiger partial charge is 0.278 e. The van der Waals surface area contributed by atoms with Crippen molar-refractivity contribution in [3.05, 3.63) is 52.3 Å². The molecule has 1 N–H and O–H groups in total. The number of aromatic nitrogens is 1. The van der Waals surface area contributed by atoms with Gasteiger partial charge in [-0.05, 0) is 46.3 Å². The quantitative estimate of drug-likeness (QED) is 0.901. The van der Waals surface area contributed by atoms with E-state index in [1.807, 2.05) is 12.1 Å². The van der Waals surface area contributed by atoms with Crippen molar-refractivity contribution >= 4 is 31.6 Å². The lowest BCUT2D eigenvalue weighted by atomic mass is 10.2. The minimum atomic E-state index is -3.82. The highest BCUT2D eigenvalue weighted by atomic mass is 79.9. The first-order valence-electron chi connectivity index (χ1n) is 5.55. The van der Waals surface area contributed by atoms with Crippen LogP contribution in [0.4, 0.5) is 5.69 Å². The zero-order valence-electron chi connectivity index (χ0n) is 10.4. The maximum atomic E-state index is 12.2. The van der Waals surface area contributed by atoms with Gasteiger partial charge in [-0.15, -0.1) is 0 Å². The van der Waals surface area contributed by atoms with Gasteiger partial charge in [0.15, 0.2) is 0 Å². The third-order valence-corrected chi connectivity index (χ3v) is 4.51. The van der Waals surface area contributed by atoms with Crippen LogP contribution in [0.1, 0.15) is 11.3 Å². The third kappa shape index (κ3) is 3.37. The molecule has 0 bridgehead atoms. The average Bonchev–Trinajstić information content (AvgIpc) is 2.49. The number of halogens is 1. The summed E-state index contributed by atoms with van der Waals surface area (Å²) in [6, 6.07) is 10.9. The number of rotatable bonds is 3. The van der Waals surface area contributed by atoms with E-state index in [2.05, 4.69) is 25.6 Å². The van der Waals surface area contributed by atoms with Crippen LogP contribution < -0.4 is 4.72 Å². The first kappa shape index (κ1) is 15.0. The molecule has 2 rings (SSSR count). The van der Waals surface area contributed by atoms with E-state index < -0.39 is 10.0 Å². The first-order valence-corrected chi connectivity index (χ1v) is 7.82. The van der Waals surface area contributed by atoms with Gasteiger partial charge in [0.25, 0.3) is 10.0 Å². The maximum Gasteiger partial charge on any atom is 0.263 e. The molecule has 8 heteroatoms. The van der Waals surface area contributed by atoms with Gasteiger partial charge in [0.1, 0.15) is 16.7 Å². The number of hydrogen-bond acceptors (Lipinski definition) is 5. The number of pyridine rings is 1. The molecule has 0 saturated carbocycles. The predicted molar refractivity (Wildman–Crippen MR) is 78.6 cm³/mol. The number of nitriles is 2. The van der Waals surface area contributed by atoms with Crippen LogP contribution in [0.5, 0.6) is 0 Å². The van der Waals surface area contributed by atoms with E-state index in [-0.39, 0.29) is 10.6 Å². The minimum Gasteiger partial charge on any atom is -0.278 e. The lowest BCUT2D eigenvalue weighted by molar-refractivity contribution is 0.601. The lowest BCUT2D eigenvalue weighted by Gasteiger charge is -2.09. The normalized spacial score (nSPS) is 10.4. The Morgan fingerprint density at radius 2 is 1.90 bits per heavy atom. The van der Waals surface area contributed by atoms with E-state index in [0.29, 0.717) is 15.7 Å². The van der Waals surface area contributed by atoms with Crippen LogP contribution in [-0.4, -0.2) is 13.4 Å². The number of anilines is 1. The molecule has 0 radical (unpaired) electrons. The van der Waals surface area contributed by atoms with Gasteiger partial charge in [0.05, 0.1) is 17.3 Å². The highest BCUT2D eigenvalue weighted by Crippen LogP contribution is 2.25. The van der Waals surface area contributed by atoms with Gasteiger partial charge < -0.3 is 0 Å². The Hall–Kier alpha value is -2.42. The summed E-state index contributed by atoms with van der Waals surface area (Å²) in [5.41, 5.74) is 0.844. The van der Waals surface area contributed by atoms with Gasteiger partial charge >= 0.3 is 0 Å². The first-order chi connectivity index (χ1) is 9.96. The fraction of sp³-hybridized carbons (Fsp3) is 0. The average molecular weight is 363 g/mol. The summed E-state index contributed by atoms with van der Waals surface area (Å²) >= 11 is 3.20. The molecule has 21 heavy (non-hydrogen) atoms. The number of sulfonamides is 1. The summed E-state index contributed by atoms with van der Waals surface area (Å²) in [6.45, 7) is 0. The molecule has 0 fully saturated rings. The van der Waals surface area contributed by atoms with Gasteiger partial charge in [-0.1, -0.05) is 0 Å². The van der Waals surface area contributed by atoms with Gasteiger partial charge in [-0.2, -0.15) is 10.5 Å². The smallest absolute Gasteiger partial charge is 0.263 e. The summed E-state index contributed by atoms with van der Waals surface area (Å²) in [5, 5.41) is 17.4. The molecule has 2 aromatic rings. The van der Waals surface area contributed by atoms with E-state index in [9.17, 15) is 8.42 Å². The summed E-state index contributed by atoms with van der Waals surface area (Å²) in [5.74, 6) is 0. The van der Waals surface area contributed by atoms with Crippen LogP contribution in [-0.2, 0) is 10.0 Å². The van der Waals surface area contributed by atoms with Crippen molar-refractivity contribution in [2.75, 3.05) is 4.72 Å². The van der Waals surface area contributed by atoms with Gasteiger partial charge in [-0.25, -0.2) is 13.4 Å². The fourth-order valence-electron chi connectivity index (χ4n) is 1.48. The van der Waals surface area contributed by atoms with E-state index in [0.717, 1.165) is 6.20 Å². The third-order valence-electron chi connectivity index (χ3n) is 2.50. The predicted octanol–water partition coefficient (Wildman–Crippen LogP) is 2.39. The molecule has 0 atom stereocenters. The van der Waals surface area contributed by atoms with Crippen molar-refractivity contribution in [3.63, 3.8) is 0 Å². The summed E-state index contributed by atoms with van der Waals surface area (Å²) in [6.07, 6.45) is 1.11. The van der Waals surface area contributed by atoms with E-state index in [1.165, 1.54) is 30.3 Å². The molecular weight excluding hydrogens is 356 g/mol. The monoisotopic (exact) mass is 362 g/mol. The topological polar surface area (TPSA) is 107 Å². The van der Waals surface area contributed by atoms with Crippen molar-refractivity contribution in [2.24, 2.45) is 0 Å². The van der Waals surface area contributed by atoms with E-state index in [4.69, 9.17) is 10.5 Å². The molecule has 0 aliphatic rings. The Morgan fingerprint density at radius 3 is 2.43 bits per heavy atom. The number of hydrogen-bond donors (Lipinski definition) is 1. The lowest BCUT2D eigenvalue weighted by Crippen LogP contribution is -2.13. The molecule has 0 aliphatic heterocycles. The Bertz CT molecular complexity index is 865. The van der Waals surface area contributed by atoms with Crippen molar-refractivity contribution in [2.45, 2.75) is 4.90 Å². The fourth-order valence-corrected chi connectivity index (χ4v) is 3.11. The second-order valence-electron chi connectivity index (χ2n) is 3.90. The zero-order valence-corrected chi connectivity index (χ0v) is 12.8. The van der Waals surface area contributed by atoms with Crippen LogP contribution >= 0.6 is 15.9 Å². The highest BCUT2D eigenvalue weighted by Gasteiger charge is 2.16. The molecule has 0 unspecified atom stereocenters. The Balaban J connectivity index is 2.33. The van der Waals surface area contributed by atoms with E-state index in [1.54, 1.807) is 0 Å². The summed E-state index contributed by atoms with van der Waals surface area (Å²) in [7, 11) is -3.82. The molecule has 6 nitrogen and oxygen atoms in total. The van der Waals surface area contributed by atoms with E-state index >= 15 is 0 Å². The van der Waals surface area contributed by atoms with Crippen molar-refractivity contribution in [3.8, 4) is 12.1 Å². The van der Waals surface area contributed by atoms with Crippen molar-refractivity contribution < 1.29 is 8.42 Å². The second-order valence-corrected chi connectivity index (χ2v) is 6.44. The maximum absolute atomic E-state index is 12.2. The number of nitrogens with zero attached hydrogens (tertiary/aromatic N) is 3. The zero-order chi connectivity index (χ0) is 15.5. The van der Waals surface area contributed by atoms with Crippen LogP contribution in [0.2, 0.25) is 0 Å². The van der Waals surface area contributed by atoms with Crippen molar-refractivity contribution in [1.29, 1.82) is 10.5 Å². The highest BCUT2D eigenvalue weighted by molar-refractivity contribution is 9.10. The Morgan fingerprint density at radius 1 is 1.14 bits per heavy atom. The molecule has 0 spiro atoms. The Labute approximate surface area is 129 Å². The molecule has 0 aliphatic carbocycles. The van der Waals surface area contributed by atoms with Crippen LogP contribution in [0, 0.1) is 22.7 Å². The molecule has 0 amide bonds. The molecule has 1 aromatic heterocycles. The van der Waals surface area contributed by atoms with Crippen LogP contribution in [0.15, 0.2) is 45.9 Å². The number of benzene rings is 1. The van der Waals surface area contributed by atoms with Gasteiger partial charge in [0, 0.05) is 10.7 Å². The van der Waals surface area contributed by atoms with Crippen LogP contribution in [0.25, 0.3) is 0 Å². The number of nitrogens with one attached hydrogen (secondary N) is 1.